The van der Waals surface area contributed by atoms with Crippen LogP contribution in [-0.2, 0) is 4.74 Å². The van der Waals surface area contributed by atoms with Crippen LogP contribution in [0.5, 0.6) is 0 Å². The van der Waals surface area contributed by atoms with Crippen molar-refractivity contribution < 1.29 is 27.0 Å². The van der Waals surface area contributed by atoms with E-state index >= 15 is 0 Å². The second-order valence-corrected chi connectivity index (χ2v) is 3.80. The van der Waals surface area contributed by atoms with Crippen LogP contribution in [-0.4, -0.2) is 26.3 Å². The van der Waals surface area contributed by atoms with E-state index in [0.29, 0.717) is 0 Å². The Labute approximate surface area is 99.5 Å². The molecule has 1 N–H and O–H groups in total. The van der Waals surface area contributed by atoms with Crippen LogP contribution in [0.3, 0.4) is 0 Å². The van der Waals surface area contributed by atoms with Gasteiger partial charge < -0.3 is 22.0 Å². The first-order valence-corrected chi connectivity index (χ1v) is 6.03. The van der Waals surface area contributed by atoms with Crippen LogP contribution in [0, 0.1) is 0 Å². The third-order valence-electron chi connectivity index (χ3n) is 2.22. The van der Waals surface area contributed by atoms with Crippen molar-refractivity contribution in [1.82, 2.24) is 0 Å². The third-order valence-corrected chi connectivity index (χ3v) is 2.22. The molecular formula is C10H20BF4NO. The van der Waals surface area contributed by atoms with Gasteiger partial charge in [0.2, 0.25) is 0 Å². The summed E-state index contributed by atoms with van der Waals surface area (Å²) >= 11 is 0. The minimum Gasteiger partial charge on any atom is -0.448 e. The topological polar surface area (TPSA) is 23.2 Å². The van der Waals surface area contributed by atoms with Crippen LogP contribution in [0.25, 0.3) is 0 Å². The molecule has 0 saturated heterocycles. The molecule has 1 heterocycles. The number of nitrogens with one attached hydrogen (secondary N) is 1. The summed E-state index contributed by atoms with van der Waals surface area (Å²) in [5, 5.41) is 0. The van der Waals surface area contributed by atoms with Gasteiger partial charge in [-0.05, 0) is 19.8 Å². The van der Waals surface area contributed by atoms with Crippen molar-refractivity contribution in [2.45, 2.75) is 45.4 Å². The van der Waals surface area contributed by atoms with Crippen LogP contribution in [0.2, 0.25) is 0 Å². The zero-order valence-corrected chi connectivity index (χ0v) is 10.2. The molecule has 0 unspecified atom stereocenters. The molecule has 102 valence electrons. The van der Waals surface area contributed by atoms with E-state index in [0.717, 1.165) is 25.5 Å². The largest absolute Gasteiger partial charge is 0.673 e. The lowest BCUT2D eigenvalue weighted by Gasteiger charge is -1.99. The van der Waals surface area contributed by atoms with Gasteiger partial charge in [-0.25, -0.2) is 4.99 Å². The van der Waals surface area contributed by atoms with E-state index in [1.54, 1.807) is 0 Å². The lowest BCUT2D eigenvalue weighted by Crippen LogP contribution is -2.73. The highest BCUT2D eigenvalue weighted by molar-refractivity contribution is 6.50. The maximum absolute atomic E-state index is 9.75. The highest BCUT2D eigenvalue weighted by atomic mass is 19.5. The van der Waals surface area contributed by atoms with Gasteiger partial charge in [-0.15, -0.1) is 0 Å². The van der Waals surface area contributed by atoms with Crippen molar-refractivity contribution in [3.63, 3.8) is 0 Å². The zero-order valence-electron chi connectivity index (χ0n) is 10.2. The maximum atomic E-state index is 9.75. The highest BCUT2D eigenvalue weighted by Gasteiger charge is 2.20. The molecule has 7 heteroatoms. The summed E-state index contributed by atoms with van der Waals surface area (Å²) in [7, 11) is -6.00. The fourth-order valence-electron chi connectivity index (χ4n) is 1.55. The number of hydrogen-bond donors (Lipinski definition) is 1. The average Bonchev–Trinajstić information content (AvgIpc) is 2.30. The van der Waals surface area contributed by atoms with E-state index in [-0.39, 0.29) is 0 Å². The van der Waals surface area contributed by atoms with E-state index in [1.807, 2.05) is 6.92 Å². The van der Waals surface area contributed by atoms with Crippen molar-refractivity contribution in [3.8, 4) is 0 Å². The van der Waals surface area contributed by atoms with Gasteiger partial charge >= 0.3 is 13.2 Å². The Hall–Kier alpha value is -0.745. The van der Waals surface area contributed by atoms with Crippen LogP contribution in [0.15, 0.2) is 0 Å². The molecule has 0 amide bonds. The number of hydrogen-bond acceptors (Lipinski definition) is 1. The van der Waals surface area contributed by atoms with Gasteiger partial charge in [0, 0.05) is 6.42 Å². The van der Waals surface area contributed by atoms with Gasteiger partial charge in [0.1, 0.15) is 6.54 Å². The van der Waals surface area contributed by atoms with Crippen molar-refractivity contribution in [2.75, 3.05) is 13.2 Å². The summed E-state index contributed by atoms with van der Waals surface area (Å²) < 4.78 is 44.5. The predicted octanol–water partition coefficient (Wildman–Crippen LogP) is 2.16. The molecule has 0 aliphatic carbocycles. The summed E-state index contributed by atoms with van der Waals surface area (Å²) in [4.78, 5) is 3.36. The van der Waals surface area contributed by atoms with E-state index < -0.39 is 7.25 Å². The highest BCUT2D eigenvalue weighted by Crippen LogP contribution is 2.06. The predicted molar refractivity (Wildman–Crippen MR) is 60.4 cm³/mol. The monoisotopic (exact) mass is 257 g/mol. The molecule has 0 fully saturated rings. The van der Waals surface area contributed by atoms with Crippen molar-refractivity contribution >= 4 is 13.2 Å². The first-order chi connectivity index (χ1) is 7.93. The van der Waals surface area contributed by atoms with Crippen LogP contribution in [0.4, 0.5) is 17.3 Å². The Morgan fingerprint density at radius 3 is 2.18 bits per heavy atom. The number of halogens is 4. The van der Waals surface area contributed by atoms with Crippen molar-refractivity contribution in [1.29, 1.82) is 0 Å². The van der Waals surface area contributed by atoms with Gasteiger partial charge in [0.15, 0.2) is 0 Å². The standard InChI is InChI=1S/C10H19NO.BF4/c1-2-12-10-8-6-4-3-5-7-9-11-10;2-1(3,4)5/h2-9H2,1H3;/q;-1/p+1. The molecule has 0 radical (unpaired) electrons. The summed E-state index contributed by atoms with van der Waals surface area (Å²) in [6.07, 6.45) is 7.79. The molecule has 0 spiro atoms. The van der Waals surface area contributed by atoms with Gasteiger partial charge in [-0.3, -0.25) is 0 Å². The first-order valence-electron chi connectivity index (χ1n) is 6.03. The lowest BCUT2D eigenvalue weighted by molar-refractivity contribution is -0.469. The minimum atomic E-state index is -6.00. The van der Waals surface area contributed by atoms with Crippen molar-refractivity contribution in [2.24, 2.45) is 0 Å². The summed E-state index contributed by atoms with van der Waals surface area (Å²) in [6, 6.07) is 0. The molecule has 0 aromatic carbocycles. The van der Waals surface area contributed by atoms with E-state index in [2.05, 4.69) is 4.99 Å². The lowest BCUT2D eigenvalue weighted by atomic mass is 10.1. The maximum Gasteiger partial charge on any atom is 0.673 e. The molecular weight excluding hydrogens is 237 g/mol. The van der Waals surface area contributed by atoms with E-state index in [4.69, 9.17) is 4.74 Å². The van der Waals surface area contributed by atoms with Crippen LogP contribution in [0.1, 0.15) is 45.4 Å². The third kappa shape index (κ3) is 15.3. The zero-order chi connectivity index (χ0) is 13.1. The van der Waals surface area contributed by atoms with Gasteiger partial charge in [-0.1, -0.05) is 12.8 Å². The Bertz CT molecular complexity index is 215. The number of ether oxygens (including phenoxy) is 1. The summed E-state index contributed by atoms with van der Waals surface area (Å²) in [6.45, 7) is 3.93. The van der Waals surface area contributed by atoms with E-state index in [9.17, 15) is 17.3 Å². The molecule has 0 saturated carbocycles. The first kappa shape index (κ1) is 16.3. The Kier molecular flexibility index (Phi) is 8.89. The number of rotatable bonds is 1. The average molecular weight is 257 g/mol. The molecule has 1 rings (SSSR count). The molecule has 0 aromatic heterocycles. The SMILES string of the molecule is CCOC1=[NH+]CCCCCCC1.F[B-](F)(F)F. The summed E-state index contributed by atoms with van der Waals surface area (Å²) in [5.74, 6) is 1.11. The quantitative estimate of drug-likeness (QED) is 0.564. The molecule has 1 aliphatic heterocycles. The second-order valence-electron chi connectivity index (χ2n) is 3.80. The van der Waals surface area contributed by atoms with Crippen LogP contribution >= 0.6 is 0 Å². The van der Waals surface area contributed by atoms with Gasteiger partial charge in [0.05, 0.1) is 13.0 Å². The summed E-state index contributed by atoms with van der Waals surface area (Å²) in [5.41, 5.74) is 0. The molecule has 1 aliphatic rings. The molecule has 17 heavy (non-hydrogen) atoms. The van der Waals surface area contributed by atoms with E-state index in [1.165, 1.54) is 32.1 Å². The Balaban J connectivity index is 0.000000437. The van der Waals surface area contributed by atoms with Gasteiger partial charge in [0.25, 0.3) is 0 Å². The normalized spacial score (nSPS) is 17.8. The molecule has 2 nitrogen and oxygen atoms in total. The fourth-order valence-corrected chi connectivity index (χ4v) is 1.55. The Morgan fingerprint density at radius 2 is 1.59 bits per heavy atom. The molecule has 0 bridgehead atoms. The Morgan fingerprint density at radius 1 is 1.06 bits per heavy atom. The molecule has 0 atom stereocenters. The fraction of sp³-hybridized carbons (Fsp3) is 0.900. The second kappa shape index (κ2) is 9.30. The smallest absolute Gasteiger partial charge is 0.448 e. The van der Waals surface area contributed by atoms with Crippen molar-refractivity contribution in [3.05, 3.63) is 0 Å². The van der Waals surface area contributed by atoms with Gasteiger partial charge in [-0.2, -0.15) is 0 Å². The van der Waals surface area contributed by atoms with Crippen LogP contribution < -0.4 is 4.99 Å². The minimum absolute atomic E-state index is 0.794. The molecule has 0 aromatic rings.